The van der Waals surface area contributed by atoms with E-state index in [1.807, 2.05) is 38.1 Å². The molecule has 0 saturated heterocycles. The van der Waals surface area contributed by atoms with Gasteiger partial charge in [-0.15, -0.1) is 0 Å². The molecule has 0 unspecified atom stereocenters. The maximum absolute atomic E-state index is 6.13. The van der Waals surface area contributed by atoms with Crippen LogP contribution in [-0.4, -0.2) is 16.0 Å². The first kappa shape index (κ1) is 13.2. The summed E-state index contributed by atoms with van der Waals surface area (Å²) in [5.74, 6) is 2.41. The summed E-state index contributed by atoms with van der Waals surface area (Å²) in [5.41, 5.74) is 1.98. The fourth-order valence-electron chi connectivity index (χ4n) is 2.02. The van der Waals surface area contributed by atoms with E-state index in [0.29, 0.717) is 6.04 Å². The Labute approximate surface area is 123 Å². The first-order valence-electron chi connectivity index (χ1n) is 6.76. The molecule has 5 heteroatoms. The van der Waals surface area contributed by atoms with Crippen molar-refractivity contribution in [3.05, 3.63) is 40.7 Å². The van der Waals surface area contributed by atoms with Gasteiger partial charge in [0.15, 0.2) is 0 Å². The second kappa shape index (κ2) is 5.29. The minimum Gasteiger partial charge on any atom is -0.367 e. The SMILES string of the molecule is Cc1nc(Nc2cccc(Cl)c2C)cc(NC2CC2)n1. The van der Waals surface area contributed by atoms with Gasteiger partial charge in [-0.05, 0) is 44.4 Å². The predicted molar refractivity (Wildman–Crippen MR) is 82.9 cm³/mol. The molecule has 1 heterocycles. The van der Waals surface area contributed by atoms with Crippen molar-refractivity contribution in [3.63, 3.8) is 0 Å². The molecule has 1 aromatic heterocycles. The summed E-state index contributed by atoms with van der Waals surface area (Å²) in [5, 5.41) is 7.45. The standard InChI is InChI=1S/C15H17ClN4/c1-9-12(16)4-3-5-13(9)20-15-8-14(17-10(2)18-15)19-11-6-7-11/h3-5,8,11H,6-7H2,1-2H3,(H2,17,18,19,20). The Morgan fingerprint density at radius 3 is 2.65 bits per heavy atom. The minimum absolute atomic E-state index is 0.574. The molecule has 0 spiro atoms. The first-order chi connectivity index (χ1) is 9.61. The van der Waals surface area contributed by atoms with Crippen molar-refractivity contribution in [1.29, 1.82) is 0 Å². The number of hydrogen-bond donors (Lipinski definition) is 2. The molecule has 0 bridgehead atoms. The molecule has 1 aliphatic rings. The summed E-state index contributed by atoms with van der Waals surface area (Å²) >= 11 is 6.13. The molecule has 0 amide bonds. The number of nitrogens with one attached hydrogen (secondary N) is 2. The number of benzene rings is 1. The second-order valence-corrected chi connectivity index (χ2v) is 5.55. The predicted octanol–water partition coefficient (Wildman–Crippen LogP) is 4.06. The summed E-state index contributed by atoms with van der Waals surface area (Å²) < 4.78 is 0. The Bertz CT molecular complexity index is 638. The van der Waals surface area contributed by atoms with Crippen molar-refractivity contribution in [1.82, 2.24) is 9.97 Å². The molecule has 0 atom stereocenters. The van der Waals surface area contributed by atoms with Crippen LogP contribution in [0.2, 0.25) is 5.02 Å². The van der Waals surface area contributed by atoms with Gasteiger partial charge in [-0.2, -0.15) is 0 Å². The number of nitrogens with zero attached hydrogens (tertiary/aromatic N) is 2. The Hall–Kier alpha value is -1.81. The highest BCUT2D eigenvalue weighted by molar-refractivity contribution is 6.31. The van der Waals surface area contributed by atoms with Crippen LogP contribution in [0, 0.1) is 13.8 Å². The molecule has 104 valence electrons. The van der Waals surface area contributed by atoms with Crippen molar-refractivity contribution in [3.8, 4) is 0 Å². The zero-order chi connectivity index (χ0) is 14.1. The zero-order valence-corrected chi connectivity index (χ0v) is 12.3. The number of halogens is 1. The fourth-order valence-corrected chi connectivity index (χ4v) is 2.20. The van der Waals surface area contributed by atoms with Gasteiger partial charge in [-0.3, -0.25) is 0 Å². The van der Waals surface area contributed by atoms with E-state index in [9.17, 15) is 0 Å². The van der Waals surface area contributed by atoms with Gasteiger partial charge >= 0.3 is 0 Å². The van der Waals surface area contributed by atoms with Crippen molar-refractivity contribution >= 4 is 28.9 Å². The average Bonchev–Trinajstić information content (AvgIpc) is 3.18. The molecule has 0 aliphatic heterocycles. The van der Waals surface area contributed by atoms with Crippen LogP contribution < -0.4 is 10.6 Å². The largest absolute Gasteiger partial charge is 0.367 e. The van der Waals surface area contributed by atoms with E-state index >= 15 is 0 Å². The third-order valence-electron chi connectivity index (χ3n) is 3.30. The van der Waals surface area contributed by atoms with Crippen molar-refractivity contribution < 1.29 is 0 Å². The Morgan fingerprint density at radius 2 is 1.90 bits per heavy atom. The third kappa shape index (κ3) is 3.02. The van der Waals surface area contributed by atoms with E-state index in [2.05, 4.69) is 20.6 Å². The molecule has 2 N–H and O–H groups in total. The molecule has 0 radical (unpaired) electrons. The van der Waals surface area contributed by atoms with Crippen LogP contribution in [0.4, 0.5) is 17.3 Å². The third-order valence-corrected chi connectivity index (χ3v) is 3.71. The molecule has 2 aromatic rings. The molecule has 3 rings (SSSR count). The molecule has 1 fully saturated rings. The maximum atomic E-state index is 6.13. The highest BCUT2D eigenvalue weighted by Gasteiger charge is 2.21. The summed E-state index contributed by atoms with van der Waals surface area (Å²) in [7, 11) is 0. The van der Waals surface area contributed by atoms with Crippen LogP contribution >= 0.6 is 11.6 Å². The molecular formula is C15H17ClN4. The number of rotatable bonds is 4. The summed E-state index contributed by atoms with van der Waals surface area (Å²) in [6.07, 6.45) is 2.44. The summed E-state index contributed by atoms with van der Waals surface area (Å²) in [6.45, 7) is 3.89. The van der Waals surface area contributed by atoms with Crippen LogP contribution in [-0.2, 0) is 0 Å². The van der Waals surface area contributed by atoms with Crippen molar-refractivity contribution in [2.24, 2.45) is 0 Å². The van der Waals surface area contributed by atoms with E-state index in [4.69, 9.17) is 11.6 Å². The Morgan fingerprint density at radius 1 is 1.15 bits per heavy atom. The minimum atomic E-state index is 0.574. The van der Waals surface area contributed by atoms with E-state index < -0.39 is 0 Å². The average molecular weight is 289 g/mol. The highest BCUT2D eigenvalue weighted by Crippen LogP contribution is 2.28. The number of hydrogen-bond acceptors (Lipinski definition) is 4. The number of aryl methyl sites for hydroxylation is 1. The van der Waals surface area contributed by atoms with Crippen LogP contribution in [0.15, 0.2) is 24.3 Å². The van der Waals surface area contributed by atoms with E-state index in [0.717, 1.165) is 33.7 Å². The molecule has 4 nitrogen and oxygen atoms in total. The van der Waals surface area contributed by atoms with E-state index in [-0.39, 0.29) is 0 Å². The number of aromatic nitrogens is 2. The Balaban J connectivity index is 1.85. The van der Waals surface area contributed by atoms with E-state index in [1.165, 1.54) is 12.8 Å². The van der Waals surface area contributed by atoms with Crippen LogP contribution in [0.3, 0.4) is 0 Å². The topological polar surface area (TPSA) is 49.8 Å². The Kier molecular flexibility index (Phi) is 3.49. The normalized spacial score (nSPS) is 14.2. The maximum Gasteiger partial charge on any atom is 0.136 e. The number of anilines is 3. The van der Waals surface area contributed by atoms with Gasteiger partial charge in [-0.25, -0.2) is 9.97 Å². The molecule has 1 saturated carbocycles. The van der Waals surface area contributed by atoms with Crippen molar-refractivity contribution in [2.75, 3.05) is 10.6 Å². The lowest BCUT2D eigenvalue weighted by atomic mass is 10.2. The van der Waals surface area contributed by atoms with Gasteiger partial charge in [0, 0.05) is 22.8 Å². The van der Waals surface area contributed by atoms with E-state index in [1.54, 1.807) is 0 Å². The summed E-state index contributed by atoms with van der Waals surface area (Å²) in [4.78, 5) is 8.83. The van der Waals surface area contributed by atoms with Gasteiger partial charge in [0.25, 0.3) is 0 Å². The van der Waals surface area contributed by atoms with Gasteiger partial charge in [0.2, 0.25) is 0 Å². The fraction of sp³-hybridized carbons (Fsp3) is 0.333. The van der Waals surface area contributed by atoms with Crippen LogP contribution in [0.1, 0.15) is 24.2 Å². The lowest BCUT2D eigenvalue weighted by Gasteiger charge is -2.12. The van der Waals surface area contributed by atoms with Crippen LogP contribution in [0.25, 0.3) is 0 Å². The highest BCUT2D eigenvalue weighted by atomic mass is 35.5. The smallest absolute Gasteiger partial charge is 0.136 e. The van der Waals surface area contributed by atoms with Gasteiger partial charge in [0.1, 0.15) is 17.5 Å². The summed E-state index contributed by atoms with van der Waals surface area (Å²) in [6, 6.07) is 8.31. The molecule has 1 aromatic carbocycles. The molecule has 20 heavy (non-hydrogen) atoms. The lowest BCUT2D eigenvalue weighted by molar-refractivity contribution is 1.02. The molecular weight excluding hydrogens is 272 g/mol. The second-order valence-electron chi connectivity index (χ2n) is 5.14. The van der Waals surface area contributed by atoms with Crippen molar-refractivity contribution in [2.45, 2.75) is 32.7 Å². The first-order valence-corrected chi connectivity index (χ1v) is 7.14. The van der Waals surface area contributed by atoms with Crippen LogP contribution in [0.5, 0.6) is 0 Å². The zero-order valence-electron chi connectivity index (χ0n) is 11.6. The van der Waals surface area contributed by atoms with Gasteiger partial charge in [-0.1, -0.05) is 17.7 Å². The van der Waals surface area contributed by atoms with Gasteiger partial charge in [0.05, 0.1) is 0 Å². The monoisotopic (exact) mass is 288 g/mol. The lowest BCUT2D eigenvalue weighted by Crippen LogP contribution is -2.06. The quantitative estimate of drug-likeness (QED) is 0.890. The van der Waals surface area contributed by atoms with Gasteiger partial charge < -0.3 is 10.6 Å². The molecule has 1 aliphatic carbocycles.